The minimum atomic E-state index is 0.106. The van der Waals surface area contributed by atoms with Crippen molar-refractivity contribution in [2.24, 2.45) is 0 Å². The zero-order chi connectivity index (χ0) is 17.1. The smallest absolute Gasteiger partial charge is 0.158 e. The van der Waals surface area contributed by atoms with E-state index in [0.717, 1.165) is 29.1 Å². The Labute approximate surface area is 151 Å². The largest absolute Gasteiger partial charge is 0.497 e. The molecule has 0 amide bonds. The van der Waals surface area contributed by atoms with E-state index >= 15 is 0 Å². The molecule has 0 spiro atoms. The van der Waals surface area contributed by atoms with Crippen molar-refractivity contribution in [3.05, 3.63) is 69.8 Å². The monoisotopic (exact) mass is 361 g/mol. The van der Waals surface area contributed by atoms with Crippen molar-refractivity contribution in [3.8, 4) is 5.75 Å². The van der Waals surface area contributed by atoms with Gasteiger partial charge in [-0.1, -0.05) is 35.3 Å². The molecule has 0 saturated heterocycles. The van der Waals surface area contributed by atoms with E-state index < -0.39 is 0 Å². The van der Waals surface area contributed by atoms with Crippen molar-refractivity contribution >= 4 is 34.7 Å². The Bertz CT molecular complexity index is 784. The van der Waals surface area contributed by atoms with E-state index in [9.17, 15) is 4.79 Å². The molecule has 0 unspecified atom stereocenters. The summed E-state index contributed by atoms with van der Waals surface area (Å²) in [7, 11) is 1.64. The zero-order valence-corrected chi connectivity index (χ0v) is 14.7. The highest BCUT2D eigenvalue weighted by molar-refractivity contribution is 6.36. The molecule has 1 aliphatic carbocycles. The van der Waals surface area contributed by atoms with Crippen LogP contribution in [0.5, 0.6) is 5.75 Å². The Hall–Kier alpha value is -1.97. The van der Waals surface area contributed by atoms with Crippen LogP contribution in [0.2, 0.25) is 10.0 Å². The fraction of sp³-hybridized carbons (Fsp3) is 0.211. The van der Waals surface area contributed by atoms with Crippen molar-refractivity contribution in [2.75, 3.05) is 12.4 Å². The van der Waals surface area contributed by atoms with Crippen LogP contribution in [-0.4, -0.2) is 12.9 Å². The number of anilines is 1. The molecule has 24 heavy (non-hydrogen) atoms. The van der Waals surface area contributed by atoms with Crippen molar-refractivity contribution in [1.29, 1.82) is 0 Å². The fourth-order valence-corrected chi connectivity index (χ4v) is 3.31. The van der Waals surface area contributed by atoms with Gasteiger partial charge < -0.3 is 10.1 Å². The Morgan fingerprint density at radius 1 is 1.08 bits per heavy atom. The van der Waals surface area contributed by atoms with E-state index in [1.807, 2.05) is 30.3 Å². The van der Waals surface area contributed by atoms with E-state index in [-0.39, 0.29) is 11.7 Å². The number of benzene rings is 2. The van der Waals surface area contributed by atoms with Crippen LogP contribution in [0.3, 0.4) is 0 Å². The molecule has 1 aliphatic rings. The third kappa shape index (κ3) is 3.92. The van der Waals surface area contributed by atoms with Gasteiger partial charge in [0, 0.05) is 23.2 Å². The van der Waals surface area contributed by atoms with Gasteiger partial charge in [0.25, 0.3) is 0 Å². The third-order valence-electron chi connectivity index (χ3n) is 4.06. The van der Waals surface area contributed by atoms with Gasteiger partial charge in [-0.15, -0.1) is 0 Å². The van der Waals surface area contributed by atoms with Crippen LogP contribution < -0.4 is 10.1 Å². The number of allylic oxidation sites excluding steroid dienone is 2. The predicted octanol–water partition coefficient (Wildman–Crippen LogP) is 5.44. The first-order valence-corrected chi connectivity index (χ1v) is 8.40. The molecular weight excluding hydrogens is 345 g/mol. The van der Waals surface area contributed by atoms with Crippen molar-refractivity contribution in [2.45, 2.75) is 18.8 Å². The molecule has 1 atom stereocenters. The first-order chi connectivity index (χ1) is 11.5. The molecule has 1 N–H and O–H groups in total. The molecule has 2 aromatic rings. The maximum Gasteiger partial charge on any atom is 0.158 e. The molecule has 2 aromatic carbocycles. The summed E-state index contributed by atoms with van der Waals surface area (Å²) in [6.45, 7) is 0. The molecule has 0 heterocycles. The van der Waals surface area contributed by atoms with Crippen LogP contribution in [0.15, 0.2) is 54.2 Å². The predicted molar refractivity (Wildman–Crippen MR) is 98.1 cm³/mol. The highest BCUT2D eigenvalue weighted by Crippen LogP contribution is 2.34. The summed E-state index contributed by atoms with van der Waals surface area (Å²) in [6.07, 6.45) is 2.91. The highest BCUT2D eigenvalue weighted by atomic mass is 35.5. The van der Waals surface area contributed by atoms with E-state index in [4.69, 9.17) is 27.9 Å². The van der Waals surface area contributed by atoms with Crippen LogP contribution in [-0.2, 0) is 4.79 Å². The standard InChI is InChI=1S/C19H17Cl2NO2/c1-24-17-5-2-12(3-6-17)13-8-15(11-16(23)9-13)22-19-7-4-14(20)10-18(19)21/h2-7,10-11,13,22H,8-9H2,1H3/t13-/m0/s1. The Balaban J connectivity index is 1.78. The minimum Gasteiger partial charge on any atom is -0.497 e. The number of methoxy groups -OCH3 is 1. The average molecular weight is 362 g/mol. The summed E-state index contributed by atoms with van der Waals surface area (Å²) in [5.41, 5.74) is 2.73. The highest BCUT2D eigenvalue weighted by Gasteiger charge is 2.22. The van der Waals surface area contributed by atoms with Gasteiger partial charge in [0.1, 0.15) is 5.75 Å². The normalized spacial score (nSPS) is 17.4. The lowest BCUT2D eigenvalue weighted by atomic mass is 9.85. The van der Waals surface area contributed by atoms with Gasteiger partial charge in [0.05, 0.1) is 17.8 Å². The van der Waals surface area contributed by atoms with Crippen molar-refractivity contribution in [1.82, 2.24) is 0 Å². The lowest BCUT2D eigenvalue weighted by Gasteiger charge is -2.24. The third-order valence-corrected chi connectivity index (χ3v) is 4.61. The second kappa shape index (κ2) is 7.29. The number of halogens is 2. The molecule has 124 valence electrons. The molecule has 0 fully saturated rings. The molecule has 5 heteroatoms. The van der Waals surface area contributed by atoms with Crippen molar-refractivity contribution in [3.63, 3.8) is 0 Å². The summed E-state index contributed by atoms with van der Waals surface area (Å²) >= 11 is 12.1. The molecule has 3 nitrogen and oxygen atoms in total. The van der Waals surface area contributed by atoms with E-state index in [2.05, 4.69) is 5.32 Å². The molecule has 0 aromatic heterocycles. The molecule has 0 saturated carbocycles. The second-order valence-corrected chi connectivity index (χ2v) is 6.61. The lowest BCUT2D eigenvalue weighted by Crippen LogP contribution is -2.16. The minimum absolute atomic E-state index is 0.106. The average Bonchev–Trinajstić information content (AvgIpc) is 2.57. The summed E-state index contributed by atoms with van der Waals surface area (Å²) in [5, 5.41) is 4.36. The molecule has 3 rings (SSSR count). The van der Waals surface area contributed by atoms with Gasteiger partial charge in [0.2, 0.25) is 0 Å². The number of nitrogens with one attached hydrogen (secondary N) is 1. The number of ketones is 1. The van der Waals surface area contributed by atoms with Gasteiger partial charge in [-0.2, -0.15) is 0 Å². The molecular formula is C19H17Cl2NO2. The van der Waals surface area contributed by atoms with E-state index in [1.54, 1.807) is 25.3 Å². The zero-order valence-electron chi connectivity index (χ0n) is 13.2. The van der Waals surface area contributed by atoms with Crippen LogP contribution in [0.25, 0.3) is 0 Å². The number of carbonyl (C=O) groups excluding carboxylic acids is 1. The summed E-state index contributed by atoms with van der Waals surface area (Å²) < 4.78 is 5.18. The fourth-order valence-electron chi connectivity index (χ4n) is 2.86. The first kappa shape index (κ1) is 16.9. The van der Waals surface area contributed by atoms with Crippen LogP contribution in [0, 0.1) is 0 Å². The Morgan fingerprint density at radius 2 is 1.83 bits per heavy atom. The van der Waals surface area contributed by atoms with Gasteiger partial charge in [0.15, 0.2) is 5.78 Å². The first-order valence-electron chi connectivity index (χ1n) is 7.64. The van der Waals surface area contributed by atoms with Crippen LogP contribution in [0.4, 0.5) is 5.69 Å². The Morgan fingerprint density at radius 3 is 2.50 bits per heavy atom. The number of carbonyl (C=O) groups is 1. The van der Waals surface area contributed by atoms with Crippen LogP contribution >= 0.6 is 23.2 Å². The van der Waals surface area contributed by atoms with Gasteiger partial charge in [-0.3, -0.25) is 4.79 Å². The summed E-state index contributed by atoms with van der Waals surface area (Å²) in [6, 6.07) is 13.1. The second-order valence-electron chi connectivity index (χ2n) is 5.76. The summed E-state index contributed by atoms with van der Waals surface area (Å²) in [4.78, 5) is 12.1. The maximum atomic E-state index is 12.1. The van der Waals surface area contributed by atoms with Gasteiger partial charge in [-0.05, 0) is 48.2 Å². The molecule has 0 aliphatic heterocycles. The number of ether oxygens (including phenoxy) is 1. The number of hydrogen-bond acceptors (Lipinski definition) is 3. The van der Waals surface area contributed by atoms with E-state index in [0.29, 0.717) is 16.5 Å². The molecule has 0 bridgehead atoms. The quantitative estimate of drug-likeness (QED) is 0.787. The lowest BCUT2D eigenvalue weighted by molar-refractivity contribution is -0.115. The maximum absolute atomic E-state index is 12.1. The van der Waals surface area contributed by atoms with Crippen molar-refractivity contribution < 1.29 is 9.53 Å². The SMILES string of the molecule is COc1ccc([C@@H]2CC(=O)C=C(Nc3ccc(Cl)cc3Cl)C2)cc1. The molecule has 0 radical (unpaired) electrons. The Kier molecular flexibility index (Phi) is 5.12. The summed E-state index contributed by atoms with van der Waals surface area (Å²) in [5.74, 6) is 1.05. The number of hydrogen-bond donors (Lipinski definition) is 1. The van der Waals surface area contributed by atoms with Crippen LogP contribution in [0.1, 0.15) is 24.3 Å². The van der Waals surface area contributed by atoms with Gasteiger partial charge >= 0.3 is 0 Å². The number of rotatable bonds is 4. The topological polar surface area (TPSA) is 38.3 Å². The van der Waals surface area contributed by atoms with E-state index in [1.165, 1.54) is 0 Å². The van der Waals surface area contributed by atoms with Gasteiger partial charge in [-0.25, -0.2) is 0 Å².